The molecule has 0 atom stereocenters. The summed E-state index contributed by atoms with van der Waals surface area (Å²) in [4.78, 5) is 0. The average molecular weight is 167 g/mol. The van der Waals surface area contributed by atoms with E-state index in [1.807, 2.05) is 0 Å². The number of hydrogen-bond donors (Lipinski definition) is 3. The number of aliphatic hydroxyl groups is 1. The highest BCUT2D eigenvalue weighted by Crippen LogP contribution is 2.31. The van der Waals surface area contributed by atoms with Gasteiger partial charge in [-0.2, -0.15) is 0 Å². The average Bonchev–Trinajstić information content (AvgIpc) is 1.92. The molecule has 0 bridgehead atoms. The molecule has 0 amide bonds. The number of aromatic hydroxyl groups is 1. The highest BCUT2D eigenvalue weighted by Gasteiger charge is 2.19. The molecule has 66 valence electrons. The zero-order valence-electron chi connectivity index (χ0n) is 7.20. The van der Waals surface area contributed by atoms with Crippen molar-refractivity contribution in [3.63, 3.8) is 0 Å². The summed E-state index contributed by atoms with van der Waals surface area (Å²) in [6.45, 7) is 3.25. The summed E-state index contributed by atoms with van der Waals surface area (Å²) in [7, 11) is 0. The van der Waals surface area contributed by atoms with Gasteiger partial charge in [0.15, 0.2) is 0 Å². The fraction of sp³-hybridized carbons (Fsp3) is 0.333. The molecule has 0 spiro atoms. The Hall–Kier alpha value is -1.22. The minimum atomic E-state index is -1.01. The number of benzene rings is 1. The molecule has 0 aliphatic rings. The van der Waals surface area contributed by atoms with Crippen LogP contribution in [0.25, 0.3) is 0 Å². The zero-order valence-corrected chi connectivity index (χ0v) is 7.20. The molecule has 0 radical (unpaired) electrons. The molecule has 3 nitrogen and oxygen atoms in total. The van der Waals surface area contributed by atoms with Crippen molar-refractivity contribution in [3.05, 3.63) is 23.8 Å². The summed E-state index contributed by atoms with van der Waals surface area (Å²) in [6.07, 6.45) is 0. The fourth-order valence-corrected chi connectivity index (χ4v) is 1.09. The first kappa shape index (κ1) is 8.87. The summed E-state index contributed by atoms with van der Waals surface area (Å²) >= 11 is 0. The van der Waals surface area contributed by atoms with Crippen molar-refractivity contribution in [1.29, 1.82) is 0 Å². The first-order valence-electron chi connectivity index (χ1n) is 3.73. The second-order valence-corrected chi connectivity index (χ2v) is 3.30. The molecule has 0 saturated carbocycles. The Labute approximate surface area is 71.5 Å². The van der Waals surface area contributed by atoms with Crippen molar-refractivity contribution >= 4 is 5.69 Å². The Morgan fingerprint density at radius 1 is 1.33 bits per heavy atom. The Balaban J connectivity index is 3.26. The van der Waals surface area contributed by atoms with Crippen molar-refractivity contribution in [2.24, 2.45) is 0 Å². The smallest absolute Gasteiger partial charge is 0.138 e. The number of hydrogen-bond acceptors (Lipinski definition) is 3. The van der Waals surface area contributed by atoms with Crippen molar-refractivity contribution in [2.45, 2.75) is 19.4 Å². The van der Waals surface area contributed by atoms with Crippen LogP contribution in [0.3, 0.4) is 0 Å². The van der Waals surface area contributed by atoms with Crippen LogP contribution in [0.2, 0.25) is 0 Å². The van der Waals surface area contributed by atoms with E-state index >= 15 is 0 Å². The quantitative estimate of drug-likeness (QED) is 0.435. The third kappa shape index (κ3) is 1.51. The van der Waals surface area contributed by atoms with Crippen molar-refractivity contribution in [2.75, 3.05) is 5.73 Å². The molecule has 0 aliphatic heterocycles. The van der Waals surface area contributed by atoms with Gasteiger partial charge in [0.2, 0.25) is 0 Å². The molecule has 1 aromatic carbocycles. The minimum absolute atomic E-state index is 0.00891. The maximum Gasteiger partial charge on any atom is 0.138 e. The summed E-state index contributed by atoms with van der Waals surface area (Å²) in [5.41, 5.74) is 5.33. The molecule has 4 N–H and O–H groups in total. The zero-order chi connectivity index (χ0) is 9.35. The molecule has 0 aromatic heterocycles. The number of nitrogen functional groups attached to an aromatic ring is 1. The minimum Gasteiger partial charge on any atom is -0.506 e. The van der Waals surface area contributed by atoms with Crippen LogP contribution in [0.15, 0.2) is 18.2 Å². The van der Waals surface area contributed by atoms with E-state index in [0.29, 0.717) is 5.56 Å². The van der Waals surface area contributed by atoms with Gasteiger partial charge in [-0.15, -0.1) is 0 Å². The Kier molecular flexibility index (Phi) is 1.98. The number of phenolic OH excluding ortho intramolecular Hbond substituents is 1. The van der Waals surface area contributed by atoms with Gasteiger partial charge in [0.05, 0.1) is 11.3 Å². The Morgan fingerprint density at radius 2 is 1.92 bits per heavy atom. The standard InChI is InChI=1S/C9H13NO2/c1-9(2,12)6-4-3-5-7(11)8(6)10/h3-5,11-12H,10H2,1-2H3. The molecular formula is C9H13NO2. The van der Waals surface area contributed by atoms with Gasteiger partial charge in [-0.25, -0.2) is 0 Å². The van der Waals surface area contributed by atoms with E-state index in [1.165, 1.54) is 6.07 Å². The lowest BCUT2D eigenvalue weighted by Crippen LogP contribution is -2.17. The maximum absolute atomic E-state index is 9.60. The summed E-state index contributed by atoms with van der Waals surface area (Å²) in [5.74, 6) is 0.00891. The second kappa shape index (κ2) is 2.68. The van der Waals surface area contributed by atoms with E-state index in [0.717, 1.165) is 0 Å². The van der Waals surface area contributed by atoms with Crippen LogP contribution in [0, 0.1) is 0 Å². The SMILES string of the molecule is CC(C)(O)c1cccc(O)c1N. The Bertz CT molecular complexity index is 289. The first-order chi connectivity index (χ1) is 5.43. The molecular weight excluding hydrogens is 154 g/mol. The number of anilines is 1. The van der Waals surface area contributed by atoms with Gasteiger partial charge in [0.1, 0.15) is 5.75 Å². The van der Waals surface area contributed by atoms with E-state index in [-0.39, 0.29) is 11.4 Å². The van der Waals surface area contributed by atoms with Crippen LogP contribution in [-0.2, 0) is 5.60 Å². The van der Waals surface area contributed by atoms with Gasteiger partial charge < -0.3 is 15.9 Å². The van der Waals surface area contributed by atoms with Gasteiger partial charge in [-0.3, -0.25) is 0 Å². The topological polar surface area (TPSA) is 66.5 Å². The van der Waals surface area contributed by atoms with Gasteiger partial charge in [-0.1, -0.05) is 12.1 Å². The third-order valence-corrected chi connectivity index (χ3v) is 1.74. The summed E-state index contributed by atoms with van der Waals surface area (Å²) < 4.78 is 0. The fourth-order valence-electron chi connectivity index (χ4n) is 1.09. The van der Waals surface area contributed by atoms with E-state index < -0.39 is 5.60 Å². The highest BCUT2D eigenvalue weighted by molar-refractivity contribution is 5.59. The number of phenols is 1. The summed E-state index contributed by atoms with van der Waals surface area (Å²) in [6, 6.07) is 4.83. The highest BCUT2D eigenvalue weighted by atomic mass is 16.3. The van der Waals surface area contributed by atoms with Crippen molar-refractivity contribution in [3.8, 4) is 5.75 Å². The maximum atomic E-state index is 9.60. The third-order valence-electron chi connectivity index (χ3n) is 1.74. The van der Waals surface area contributed by atoms with Gasteiger partial charge in [-0.05, 0) is 19.9 Å². The first-order valence-corrected chi connectivity index (χ1v) is 3.73. The van der Waals surface area contributed by atoms with Crippen molar-refractivity contribution < 1.29 is 10.2 Å². The largest absolute Gasteiger partial charge is 0.506 e. The molecule has 3 heteroatoms. The predicted octanol–water partition coefficient (Wildman–Crippen LogP) is 1.20. The molecule has 0 unspecified atom stereocenters. The lowest BCUT2D eigenvalue weighted by Gasteiger charge is -2.20. The molecule has 1 rings (SSSR count). The van der Waals surface area contributed by atoms with E-state index in [4.69, 9.17) is 5.73 Å². The van der Waals surface area contributed by atoms with Crippen LogP contribution >= 0.6 is 0 Å². The molecule has 12 heavy (non-hydrogen) atoms. The van der Waals surface area contributed by atoms with Crippen LogP contribution in [0.5, 0.6) is 5.75 Å². The number of para-hydroxylation sites is 1. The van der Waals surface area contributed by atoms with Crippen LogP contribution in [0.1, 0.15) is 19.4 Å². The molecule has 0 aliphatic carbocycles. The normalized spacial score (nSPS) is 11.6. The molecule has 1 aromatic rings. The molecule has 0 heterocycles. The lowest BCUT2D eigenvalue weighted by molar-refractivity contribution is 0.0792. The summed E-state index contributed by atoms with van der Waals surface area (Å²) in [5, 5.41) is 18.8. The lowest BCUT2D eigenvalue weighted by atomic mass is 9.96. The van der Waals surface area contributed by atoms with Gasteiger partial charge >= 0.3 is 0 Å². The molecule has 0 fully saturated rings. The monoisotopic (exact) mass is 167 g/mol. The second-order valence-electron chi connectivity index (χ2n) is 3.30. The predicted molar refractivity (Wildman–Crippen MR) is 47.8 cm³/mol. The van der Waals surface area contributed by atoms with Crippen LogP contribution in [0.4, 0.5) is 5.69 Å². The van der Waals surface area contributed by atoms with E-state index in [2.05, 4.69) is 0 Å². The van der Waals surface area contributed by atoms with Crippen LogP contribution in [-0.4, -0.2) is 10.2 Å². The van der Waals surface area contributed by atoms with E-state index in [9.17, 15) is 10.2 Å². The number of rotatable bonds is 1. The Morgan fingerprint density at radius 3 is 2.33 bits per heavy atom. The van der Waals surface area contributed by atoms with E-state index in [1.54, 1.807) is 26.0 Å². The van der Waals surface area contributed by atoms with Gasteiger partial charge in [0.25, 0.3) is 0 Å². The van der Waals surface area contributed by atoms with Crippen LogP contribution < -0.4 is 5.73 Å². The van der Waals surface area contributed by atoms with Crippen molar-refractivity contribution in [1.82, 2.24) is 0 Å². The number of nitrogens with two attached hydrogens (primary N) is 1. The molecule has 0 saturated heterocycles. The van der Waals surface area contributed by atoms with Gasteiger partial charge in [0, 0.05) is 5.56 Å².